The van der Waals surface area contributed by atoms with E-state index >= 15 is 0 Å². The maximum Gasteiger partial charge on any atom is 0.287 e. The second-order valence-corrected chi connectivity index (χ2v) is 6.06. The van der Waals surface area contributed by atoms with Gasteiger partial charge in [-0.2, -0.15) is 4.57 Å². The molecule has 130 valence electrons. The lowest BCUT2D eigenvalue weighted by molar-refractivity contribution is -0.576. The highest BCUT2D eigenvalue weighted by Gasteiger charge is 2.23. The largest absolute Gasteiger partial charge is 0.502 e. The first-order valence-electron chi connectivity index (χ1n) is 8.13. The van der Waals surface area contributed by atoms with Crippen LogP contribution in [0.3, 0.4) is 0 Å². The molecule has 0 aliphatic rings. The van der Waals surface area contributed by atoms with Crippen molar-refractivity contribution in [2.75, 3.05) is 0 Å². The van der Waals surface area contributed by atoms with Crippen molar-refractivity contribution in [3.8, 4) is 0 Å². The van der Waals surface area contributed by atoms with E-state index in [2.05, 4.69) is 5.32 Å². The number of hydrogen-bond donors (Lipinski definition) is 2. The Hall–Kier alpha value is -3.05. The zero-order chi connectivity index (χ0) is 18.4. The number of nitrogens with one attached hydrogen (secondary N) is 1. The number of aliphatic hydroxyl groups is 1. The molecule has 0 unspecified atom stereocenters. The molecule has 0 aliphatic heterocycles. The summed E-state index contributed by atoms with van der Waals surface area (Å²) in [7, 11) is 0. The first-order valence-corrected chi connectivity index (χ1v) is 8.54. The fraction of sp³-hybridized carbons (Fsp3) is 0.0476. The van der Waals surface area contributed by atoms with Gasteiger partial charge in [0, 0.05) is 24.2 Å². The van der Waals surface area contributed by atoms with Gasteiger partial charge in [-0.05, 0) is 29.8 Å². The molecule has 0 radical (unpaired) electrons. The van der Waals surface area contributed by atoms with Crippen LogP contribution in [0.15, 0.2) is 85.2 Å². The molecule has 3 nitrogen and oxygen atoms in total. The quantitative estimate of drug-likeness (QED) is 0.309. The van der Waals surface area contributed by atoms with Crippen LogP contribution >= 0.6 is 12.2 Å². The summed E-state index contributed by atoms with van der Waals surface area (Å²) in [6.45, 7) is 0.535. The Morgan fingerprint density at radius 3 is 2.19 bits per heavy atom. The molecule has 1 heterocycles. The van der Waals surface area contributed by atoms with Crippen LogP contribution in [0.5, 0.6) is 0 Å². The zero-order valence-electron chi connectivity index (χ0n) is 14.0. The Labute approximate surface area is 157 Å². The molecule has 26 heavy (non-hydrogen) atoms. The van der Waals surface area contributed by atoms with Gasteiger partial charge in [0.1, 0.15) is 5.82 Å². The SMILES string of the molecule is O/C(=C(\C(=S)NCc1ccccc1)[n+]1ccccc1)c1ccc(F)cc1. The molecule has 2 aromatic carbocycles. The summed E-state index contributed by atoms with van der Waals surface area (Å²) in [5.41, 5.74) is 2.00. The van der Waals surface area contributed by atoms with E-state index in [9.17, 15) is 9.50 Å². The molecule has 0 aliphatic carbocycles. The Morgan fingerprint density at radius 1 is 0.923 bits per heavy atom. The average molecular weight is 365 g/mol. The number of halogens is 1. The minimum atomic E-state index is -0.361. The molecule has 3 aromatic rings. The van der Waals surface area contributed by atoms with Gasteiger partial charge in [-0.3, -0.25) is 0 Å². The van der Waals surface area contributed by atoms with E-state index in [-0.39, 0.29) is 11.6 Å². The highest BCUT2D eigenvalue weighted by molar-refractivity contribution is 7.81. The maximum atomic E-state index is 13.2. The molecule has 0 amide bonds. The third kappa shape index (κ3) is 4.32. The van der Waals surface area contributed by atoms with Crippen molar-refractivity contribution in [3.63, 3.8) is 0 Å². The normalized spacial score (nSPS) is 11.6. The Kier molecular flexibility index (Phi) is 5.71. The molecule has 5 heteroatoms. The van der Waals surface area contributed by atoms with Gasteiger partial charge in [0.15, 0.2) is 23.1 Å². The predicted molar refractivity (Wildman–Crippen MR) is 105 cm³/mol. The number of benzene rings is 2. The van der Waals surface area contributed by atoms with Crippen molar-refractivity contribution in [1.82, 2.24) is 5.32 Å². The standard InChI is InChI=1S/C21H17FN2OS/c22-18-11-9-17(10-12-18)20(25)19(24-13-5-2-6-14-24)21(26)23-15-16-7-3-1-4-8-16/h1-14H,15H2,(H-,23,25,26)/p+1. The molecule has 1 aromatic heterocycles. The van der Waals surface area contributed by atoms with E-state index in [0.717, 1.165) is 5.56 Å². The van der Waals surface area contributed by atoms with Gasteiger partial charge in [0.05, 0.1) is 0 Å². The van der Waals surface area contributed by atoms with Crippen molar-refractivity contribution in [2.45, 2.75) is 6.54 Å². The lowest BCUT2D eigenvalue weighted by Gasteiger charge is -2.10. The summed E-state index contributed by atoms with van der Waals surface area (Å²) < 4.78 is 14.9. The third-order valence-electron chi connectivity index (χ3n) is 3.83. The highest BCUT2D eigenvalue weighted by atomic mass is 32.1. The van der Waals surface area contributed by atoms with Gasteiger partial charge in [0.25, 0.3) is 5.70 Å². The number of aliphatic hydroxyl groups excluding tert-OH is 1. The zero-order valence-corrected chi connectivity index (χ0v) is 14.8. The summed E-state index contributed by atoms with van der Waals surface area (Å²) in [4.78, 5) is 0.395. The third-order valence-corrected chi connectivity index (χ3v) is 4.16. The van der Waals surface area contributed by atoms with Gasteiger partial charge in [-0.15, -0.1) is 0 Å². The van der Waals surface area contributed by atoms with Crippen LogP contribution in [0.4, 0.5) is 4.39 Å². The fourth-order valence-corrected chi connectivity index (χ4v) is 2.78. The van der Waals surface area contributed by atoms with Gasteiger partial charge in [-0.25, -0.2) is 4.39 Å². The number of thiocarbonyl (C=S) groups is 1. The lowest BCUT2D eigenvalue weighted by Crippen LogP contribution is -2.40. The van der Waals surface area contributed by atoms with Crippen molar-refractivity contribution in [3.05, 3.63) is 102 Å². The van der Waals surface area contributed by atoms with E-state index in [1.54, 1.807) is 17.0 Å². The molecule has 0 spiro atoms. The van der Waals surface area contributed by atoms with Gasteiger partial charge < -0.3 is 10.4 Å². The number of nitrogens with zero attached hydrogens (tertiary/aromatic N) is 1. The smallest absolute Gasteiger partial charge is 0.287 e. The molecular weight excluding hydrogens is 347 g/mol. The Bertz CT molecular complexity index is 910. The number of aromatic nitrogens is 1. The molecule has 0 bridgehead atoms. The summed E-state index contributed by atoms with van der Waals surface area (Å²) >= 11 is 5.53. The molecule has 3 rings (SSSR count). The van der Waals surface area contributed by atoms with E-state index in [0.29, 0.717) is 22.8 Å². The lowest BCUT2D eigenvalue weighted by atomic mass is 10.1. The predicted octanol–water partition coefficient (Wildman–Crippen LogP) is 4.11. The highest BCUT2D eigenvalue weighted by Crippen LogP contribution is 2.17. The molecule has 0 saturated heterocycles. The summed E-state index contributed by atoms with van der Waals surface area (Å²) in [6.07, 6.45) is 3.59. The van der Waals surface area contributed by atoms with Crippen LogP contribution in [0.25, 0.3) is 11.5 Å². The van der Waals surface area contributed by atoms with E-state index in [1.807, 2.05) is 48.5 Å². The van der Waals surface area contributed by atoms with Crippen molar-refractivity contribution >= 4 is 28.7 Å². The fourth-order valence-electron chi connectivity index (χ4n) is 2.50. The molecule has 2 N–H and O–H groups in total. The van der Waals surface area contributed by atoms with Crippen LogP contribution in [0.2, 0.25) is 0 Å². The minimum Gasteiger partial charge on any atom is -0.502 e. The van der Waals surface area contributed by atoms with Crippen LogP contribution in [0, 0.1) is 5.82 Å². The average Bonchev–Trinajstić information content (AvgIpc) is 2.69. The second-order valence-electron chi connectivity index (χ2n) is 5.66. The molecular formula is C21H18FN2OS+. The second kappa shape index (κ2) is 8.36. The molecule has 0 saturated carbocycles. The monoisotopic (exact) mass is 365 g/mol. The Balaban J connectivity index is 1.94. The first kappa shape index (κ1) is 17.8. The minimum absolute atomic E-state index is 0.0215. The number of pyridine rings is 1. The first-order chi connectivity index (χ1) is 12.6. The number of rotatable bonds is 5. The van der Waals surface area contributed by atoms with Crippen molar-refractivity contribution in [2.24, 2.45) is 0 Å². The molecule has 0 fully saturated rings. The van der Waals surface area contributed by atoms with Crippen LogP contribution in [0.1, 0.15) is 11.1 Å². The van der Waals surface area contributed by atoms with Crippen molar-refractivity contribution in [1.29, 1.82) is 0 Å². The maximum absolute atomic E-state index is 13.2. The summed E-state index contributed by atoms with van der Waals surface area (Å²) in [5.74, 6) is -0.382. The van der Waals surface area contributed by atoms with E-state index < -0.39 is 0 Å². The molecule has 0 atom stereocenters. The van der Waals surface area contributed by atoms with Gasteiger partial charge in [-0.1, -0.05) is 48.6 Å². The van der Waals surface area contributed by atoms with E-state index in [4.69, 9.17) is 12.2 Å². The van der Waals surface area contributed by atoms with Crippen LogP contribution < -0.4 is 9.88 Å². The Morgan fingerprint density at radius 2 is 1.54 bits per heavy atom. The summed E-state index contributed by atoms with van der Waals surface area (Å²) in [5, 5.41) is 14.0. The van der Waals surface area contributed by atoms with Crippen molar-refractivity contribution < 1.29 is 14.1 Å². The van der Waals surface area contributed by atoms with Crippen LogP contribution in [-0.4, -0.2) is 10.1 Å². The summed E-state index contributed by atoms with van der Waals surface area (Å²) in [6, 6.07) is 21.1. The number of hydrogen-bond acceptors (Lipinski definition) is 2. The topological polar surface area (TPSA) is 36.1 Å². The van der Waals surface area contributed by atoms with Crippen LogP contribution in [-0.2, 0) is 6.54 Å². The van der Waals surface area contributed by atoms with E-state index in [1.165, 1.54) is 24.3 Å². The van der Waals surface area contributed by atoms with Gasteiger partial charge in [0.2, 0.25) is 0 Å². The van der Waals surface area contributed by atoms with Gasteiger partial charge >= 0.3 is 0 Å².